The largest absolute Gasteiger partial charge is 0.182 e. The van der Waals surface area contributed by atoms with E-state index in [0.717, 1.165) is 5.69 Å². The van der Waals surface area contributed by atoms with Crippen LogP contribution < -0.4 is 0 Å². The third-order valence-electron chi connectivity index (χ3n) is 3.60. The van der Waals surface area contributed by atoms with Crippen LogP contribution in [0.2, 0.25) is 0 Å². The van der Waals surface area contributed by atoms with Gasteiger partial charge < -0.3 is 0 Å². The van der Waals surface area contributed by atoms with Crippen molar-refractivity contribution in [2.24, 2.45) is 16.1 Å². The van der Waals surface area contributed by atoms with Crippen molar-refractivity contribution >= 4 is 28.3 Å². The zero-order valence-corrected chi connectivity index (χ0v) is 12.6. The minimum absolute atomic E-state index is 0.0144. The first-order valence-corrected chi connectivity index (χ1v) is 7.34. The second-order valence-corrected chi connectivity index (χ2v) is 6.56. The first-order chi connectivity index (χ1) is 8.08. The first kappa shape index (κ1) is 13.0. The smallest absolute Gasteiger partial charge is 0.0853 e. The predicted molar refractivity (Wildman–Crippen MR) is 79.7 cm³/mol. The van der Waals surface area contributed by atoms with Gasteiger partial charge in [-0.25, -0.2) is 0 Å². The molecule has 0 aromatic heterocycles. The van der Waals surface area contributed by atoms with Gasteiger partial charge in [0, 0.05) is 3.57 Å². The zero-order chi connectivity index (χ0) is 12.3. The fraction of sp³-hybridized carbons (Fsp3) is 0.571. The summed E-state index contributed by atoms with van der Waals surface area (Å²) in [6, 6.07) is 8.18. The van der Waals surface area contributed by atoms with E-state index in [9.17, 15) is 0 Å². The fourth-order valence-electron chi connectivity index (χ4n) is 2.41. The van der Waals surface area contributed by atoms with Gasteiger partial charge in [-0.05, 0) is 79.5 Å². The molecule has 1 aliphatic rings. The molecule has 92 valence electrons. The highest BCUT2D eigenvalue weighted by molar-refractivity contribution is 14.1. The second kappa shape index (κ2) is 5.46. The van der Waals surface area contributed by atoms with Crippen LogP contribution in [0.25, 0.3) is 0 Å². The Morgan fingerprint density at radius 3 is 2.29 bits per heavy atom. The van der Waals surface area contributed by atoms with E-state index in [1.807, 2.05) is 12.1 Å². The maximum atomic E-state index is 4.56. The molecule has 2 nitrogen and oxygen atoms in total. The molecule has 0 heterocycles. The van der Waals surface area contributed by atoms with Crippen LogP contribution in [-0.2, 0) is 0 Å². The first-order valence-electron chi connectivity index (χ1n) is 6.26. The molecule has 17 heavy (non-hydrogen) atoms. The van der Waals surface area contributed by atoms with Crippen LogP contribution in [0.4, 0.5) is 5.69 Å². The van der Waals surface area contributed by atoms with E-state index in [0.29, 0.717) is 5.92 Å². The summed E-state index contributed by atoms with van der Waals surface area (Å²) in [6.07, 6.45) is 5.32. The molecule has 0 unspecified atom stereocenters. The van der Waals surface area contributed by atoms with Crippen LogP contribution >= 0.6 is 22.6 Å². The summed E-state index contributed by atoms with van der Waals surface area (Å²) in [6.45, 7) is 4.42. The summed E-state index contributed by atoms with van der Waals surface area (Å²) in [4.78, 5) is 0. The third-order valence-corrected chi connectivity index (χ3v) is 4.32. The number of benzene rings is 1. The zero-order valence-electron chi connectivity index (χ0n) is 10.5. The van der Waals surface area contributed by atoms with Gasteiger partial charge in [0.15, 0.2) is 0 Å². The van der Waals surface area contributed by atoms with E-state index < -0.39 is 0 Å². The van der Waals surface area contributed by atoms with Gasteiger partial charge in [0.05, 0.1) is 11.2 Å². The fourth-order valence-corrected chi connectivity index (χ4v) is 2.77. The summed E-state index contributed by atoms with van der Waals surface area (Å²) in [5.41, 5.74) is 0.941. The summed E-state index contributed by atoms with van der Waals surface area (Å²) in [5.74, 6) is 0.704. The summed E-state index contributed by atoms with van der Waals surface area (Å²) < 4.78 is 1.23. The van der Waals surface area contributed by atoms with Crippen molar-refractivity contribution in [2.75, 3.05) is 0 Å². The quantitative estimate of drug-likeness (QED) is 0.523. The lowest BCUT2D eigenvalue weighted by Gasteiger charge is -2.25. The topological polar surface area (TPSA) is 24.7 Å². The Bertz CT molecular complexity index is 389. The highest BCUT2D eigenvalue weighted by atomic mass is 127. The van der Waals surface area contributed by atoms with Gasteiger partial charge >= 0.3 is 0 Å². The Kier molecular flexibility index (Phi) is 4.17. The Hall–Kier alpha value is -0.450. The number of hydrogen-bond donors (Lipinski definition) is 0. The van der Waals surface area contributed by atoms with Crippen molar-refractivity contribution in [3.8, 4) is 0 Å². The van der Waals surface area contributed by atoms with Gasteiger partial charge in [-0.1, -0.05) is 12.8 Å². The number of halogens is 1. The summed E-state index contributed by atoms with van der Waals surface area (Å²) >= 11 is 2.30. The average molecular weight is 342 g/mol. The molecular formula is C14H19IN2. The van der Waals surface area contributed by atoms with Gasteiger partial charge in [0.25, 0.3) is 0 Å². The second-order valence-electron chi connectivity index (χ2n) is 5.31. The van der Waals surface area contributed by atoms with Gasteiger partial charge in [-0.2, -0.15) is 10.2 Å². The van der Waals surface area contributed by atoms with E-state index in [2.05, 4.69) is 58.8 Å². The maximum absolute atomic E-state index is 4.56. The molecule has 3 heteroatoms. The highest BCUT2D eigenvalue weighted by Crippen LogP contribution is 2.36. The van der Waals surface area contributed by atoms with Crippen LogP contribution in [0, 0.1) is 9.49 Å². The molecule has 0 radical (unpaired) electrons. The van der Waals surface area contributed by atoms with Crippen LogP contribution in [0.3, 0.4) is 0 Å². The lowest BCUT2D eigenvalue weighted by molar-refractivity contribution is 0.318. The normalized spacial score (nSPS) is 18.1. The standard InChI is InChI=1S/C14H19IN2/c1-14(2,11-5-3-4-6-11)17-16-13-9-7-12(15)8-10-13/h7-11H,3-6H2,1-2H3. The minimum atomic E-state index is -0.0144. The molecule has 0 atom stereocenters. The average Bonchev–Trinajstić information content (AvgIpc) is 2.82. The van der Waals surface area contributed by atoms with E-state index >= 15 is 0 Å². The van der Waals surface area contributed by atoms with Gasteiger partial charge in [-0.15, -0.1) is 0 Å². The van der Waals surface area contributed by atoms with Gasteiger partial charge in [-0.3, -0.25) is 0 Å². The van der Waals surface area contributed by atoms with E-state index in [1.165, 1.54) is 29.3 Å². The minimum Gasteiger partial charge on any atom is -0.182 e. The molecular weight excluding hydrogens is 323 g/mol. The summed E-state index contributed by atoms with van der Waals surface area (Å²) in [5, 5.41) is 8.95. The number of hydrogen-bond acceptors (Lipinski definition) is 2. The molecule has 1 fully saturated rings. The summed E-state index contributed by atoms with van der Waals surface area (Å²) in [7, 11) is 0. The SMILES string of the molecule is CC(C)(N=Nc1ccc(I)cc1)C1CCCC1. The van der Waals surface area contributed by atoms with Crippen molar-refractivity contribution < 1.29 is 0 Å². The van der Waals surface area contributed by atoms with Crippen molar-refractivity contribution in [3.63, 3.8) is 0 Å². The maximum Gasteiger partial charge on any atom is 0.0853 e. The molecule has 1 aliphatic carbocycles. The van der Waals surface area contributed by atoms with Gasteiger partial charge in [0.2, 0.25) is 0 Å². The molecule has 1 saturated carbocycles. The molecule has 1 aromatic rings. The third kappa shape index (κ3) is 3.50. The Morgan fingerprint density at radius 2 is 1.71 bits per heavy atom. The van der Waals surface area contributed by atoms with Crippen LogP contribution in [0.15, 0.2) is 34.5 Å². The van der Waals surface area contributed by atoms with Crippen molar-refractivity contribution in [1.82, 2.24) is 0 Å². The molecule has 0 spiro atoms. The van der Waals surface area contributed by atoms with E-state index in [4.69, 9.17) is 0 Å². The molecule has 2 rings (SSSR count). The monoisotopic (exact) mass is 342 g/mol. The Balaban J connectivity index is 2.05. The lowest BCUT2D eigenvalue weighted by Crippen LogP contribution is -2.26. The number of rotatable bonds is 3. The molecule has 0 saturated heterocycles. The highest BCUT2D eigenvalue weighted by Gasteiger charge is 2.31. The van der Waals surface area contributed by atoms with Crippen molar-refractivity contribution in [1.29, 1.82) is 0 Å². The van der Waals surface area contributed by atoms with E-state index in [1.54, 1.807) is 0 Å². The lowest BCUT2D eigenvalue weighted by atomic mass is 9.87. The van der Waals surface area contributed by atoms with Crippen LogP contribution in [-0.4, -0.2) is 5.54 Å². The Morgan fingerprint density at radius 1 is 1.12 bits per heavy atom. The molecule has 0 amide bonds. The van der Waals surface area contributed by atoms with Crippen molar-refractivity contribution in [3.05, 3.63) is 27.8 Å². The molecule has 0 aliphatic heterocycles. The van der Waals surface area contributed by atoms with Gasteiger partial charge in [0.1, 0.15) is 0 Å². The molecule has 0 N–H and O–H groups in total. The van der Waals surface area contributed by atoms with E-state index in [-0.39, 0.29) is 5.54 Å². The van der Waals surface area contributed by atoms with Crippen LogP contribution in [0.5, 0.6) is 0 Å². The van der Waals surface area contributed by atoms with Crippen molar-refractivity contribution in [2.45, 2.75) is 45.1 Å². The molecule has 1 aromatic carbocycles. The molecule has 0 bridgehead atoms. The number of azo groups is 1. The number of nitrogens with zero attached hydrogens (tertiary/aromatic N) is 2. The Labute approximate surface area is 117 Å². The van der Waals surface area contributed by atoms with Crippen LogP contribution in [0.1, 0.15) is 39.5 Å². The predicted octanol–water partition coefficient (Wildman–Crippen LogP) is 5.34.